The predicted molar refractivity (Wildman–Crippen MR) is 115 cm³/mol. The van der Waals surface area contributed by atoms with Gasteiger partial charge in [-0.25, -0.2) is 0 Å². The SMILES string of the molecule is Cc1ccc(C(=O)N2CCC(C(=O)NCCSc3ccc(Cl)cc3)CC2)cc1. The topological polar surface area (TPSA) is 49.4 Å². The number of halogens is 1. The minimum Gasteiger partial charge on any atom is -0.355 e. The van der Waals surface area contributed by atoms with E-state index in [0.717, 1.165) is 21.2 Å². The molecule has 0 atom stereocenters. The van der Waals surface area contributed by atoms with Crippen LogP contribution in [-0.4, -0.2) is 42.1 Å². The van der Waals surface area contributed by atoms with E-state index in [1.807, 2.05) is 60.4 Å². The third-order valence-electron chi connectivity index (χ3n) is 4.94. The number of likely N-dealkylation sites (tertiary alicyclic amines) is 1. The number of amides is 2. The van der Waals surface area contributed by atoms with Gasteiger partial charge < -0.3 is 10.2 Å². The Balaban J connectivity index is 1.38. The molecule has 0 unspecified atom stereocenters. The molecule has 28 heavy (non-hydrogen) atoms. The second-order valence-electron chi connectivity index (χ2n) is 7.03. The quantitative estimate of drug-likeness (QED) is 0.560. The standard InChI is InChI=1S/C22H25ClN2O2S/c1-16-2-4-18(5-3-16)22(27)25-13-10-17(11-14-25)21(26)24-12-15-28-20-8-6-19(23)7-9-20/h2-9,17H,10-15H2,1H3,(H,24,26). The number of benzene rings is 2. The number of nitrogens with zero attached hydrogens (tertiary/aromatic N) is 1. The Labute approximate surface area is 175 Å². The number of hydrogen-bond donors (Lipinski definition) is 1. The van der Waals surface area contributed by atoms with Crippen LogP contribution in [0.15, 0.2) is 53.4 Å². The molecule has 0 saturated carbocycles. The summed E-state index contributed by atoms with van der Waals surface area (Å²) in [7, 11) is 0. The molecule has 4 nitrogen and oxygen atoms in total. The molecule has 0 spiro atoms. The van der Waals surface area contributed by atoms with Gasteiger partial charge in [0.15, 0.2) is 0 Å². The summed E-state index contributed by atoms with van der Waals surface area (Å²) >= 11 is 7.57. The molecule has 1 N–H and O–H groups in total. The average Bonchev–Trinajstić information content (AvgIpc) is 2.72. The summed E-state index contributed by atoms with van der Waals surface area (Å²) in [4.78, 5) is 28.0. The van der Waals surface area contributed by atoms with Gasteiger partial charge in [-0.05, 0) is 56.2 Å². The number of hydrogen-bond acceptors (Lipinski definition) is 3. The summed E-state index contributed by atoms with van der Waals surface area (Å²) in [5.41, 5.74) is 1.86. The zero-order valence-electron chi connectivity index (χ0n) is 16.0. The van der Waals surface area contributed by atoms with Crippen LogP contribution in [0.4, 0.5) is 0 Å². The Kier molecular flexibility index (Phi) is 7.40. The second-order valence-corrected chi connectivity index (χ2v) is 8.63. The van der Waals surface area contributed by atoms with Gasteiger partial charge in [-0.2, -0.15) is 0 Å². The summed E-state index contributed by atoms with van der Waals surface area (Å²) in [6.07, 6.45) is 1.43. The van der Waals surface area contributed by atoms with Gasteiger partial charge in [0.25, 0.3) is 5.91 Å². The third-order valence-corrected chi connectivity index (χ3v) is 6.20. The Morgan fingerprint density at radius 3 is 2.36 bits per heavy atom. The smallest absolute Gasteiger partial charge is 0.253 e. The molecule has 0 bridgehead atoms. The fourth-order valence-corrected chi connectivity index (χ4v) is 4.14. The van der Waals surface area contributed by atoms with Gasteiger partial charge in [-0.15, -0.1) is 11.8 Å². The van der Waals surface area contributed by atoms with Gasteiger partial charge in [0.1, 0.15) is 0 Å². The van der Waals surface area contributed by atoms with Crippen LogP contribution >= 0.6 is 23.4 Å². The highest BCUT2D eigenvalue weighted by Crippen LogP contribution is 2.21. The van der Waals surface area contributed by atoms with E-state index in [1.54, 1.807) is 11.8 Å². The lowest BCUT2D eigenvalue weighted by atomic mass is 9.95. The van der Waals surface area contributed by atoms with Crippen molar-refractivity contribution in [1.29, 1.82) is 0 Å². The van der Waals surface area contributed by atoms with Crippen LogP contribution in [0.25, 0.3) is 0 Å². The number of carbonyl (C=O) groups excluding carboxylic acids is 2. The number of rotatable bonds is 6. The lowest BCUT2D eigenvalue weighted by Crippen LogP contribution is -2.43. The van der Waals surface area contributed by atoms with Gasteiger partial charge in [-0.1, -0.05) is 29.3 Å². The Morgan fingerprint density at radius 2 is 1.71 bits per heavy atom. The van der Waals surface area contributed by atoms with Crippen molar-refractivity contribution in [3.05, 3.63) is 64.7 Å². The van der Waals surface area contributed by atoms with Crippen LogP contribution in [0.5, 0.6) is 0 Å². The van der Waals surface area contributed by atoms with Crippen molar-refractivity contribution in [2.24, 2.45) is 5.92 Å². The average molecular weight is 417 g/mol. The van der Waals surface area contributed by atoms with E-state index in [2.05, 4.69) is 5.32 Å². The first kappa shape index (κ1) is 20.7. The van der Waals surface area contributed by atoms with Crippen molar-refractivity contribution < 1.29 is 9.59 Å². The van der Waals surface area contributed by atoms with Crippen LogP contribution < -0.4 is 5.32 Å². The molecule has 0 radical (unpaired) electrons. The molecule has 0 aromatic heterocycles. The predicted octanol–water partition coefficient (Wildman–Crippen LogP) is 4.41. The van der Waals surface area contributed by atoms with Gasteiger partial charge in [0.05, 0.1) is 0 Å². The maximum Gasteiger partial charge on any atom is 0.253 e. The second kappa shape index (κ2) is 9.99. The van der Waals surface area contributed by atoms with E-state index >= 15 is 0 Å². The number of aryl methyl sites for hydroxylation is 1. The molecule has 1 saturated heterocycles. The summed E-state index contributed by atoms with van der Waals surface area (Å²) in [5, 5.41) is 3.75. The molecule has 6 heteroatoms. The van der Waals surface area contributed by atoms with E-state index in [-0.39, 0.29) is 17.7 Å². The lowest BCUT2D eigenvalue weighted by Gasteiger charge is -2.31. The Hall–Kier alpha value is -1.98. The van der Waals surface area contributed by atoms with E-state index < -0.39 is 0 Å². The fourth-order valence-electron chi connectivity index (χ4n) is 3.24. The van der Waals surface area contributed by atoms with Crippen molar-refractivity contribution in [3.63, 3.8) is 0 Å². The minimum absolute atomic E-state index is 0.0115. The van der Waals surface area contributed by atoms with E-state index in [1.165, 1.54) is 0 Å². The maximum atomic E-state index is 12.6. The zero-order chi connectivity index (χ0) is 19.9. The first-order valence-electron chi connectivity index (χ1n) is 9.55. The Bertz CT molecular complexity index is 800. The van der Waals surface area contributed by atoms with Crippen molar-refractivity contribution in [2.75, 3.05) is 25.4 Å². The highest BCUT2D eigenvalue weighted by molar-refractivity contribution is 7.99. The highest BCUT2D eigenvalue weighted by atomic mass is 35.5. The van der Waals surface area contributed by atoms with Crippen LogP contribution in [0.1, 0.15) is 28.8 Å². The number of thioether (sulfide) groups is 1. The largest absolute Gasteiger partial charge is 0.355 e. The summed E-state index contributed by atoms with van der Waals surface area (Å²) in [6, 6.07) is 15.3. The highest BCUT2D eigenvalue weighted by Gasteiger charge is 2.27. The number of carbonyl (C=O) groups is 2. The van der Waals surface area contributed by atoms with Gasteiger partial charge >= 0.3 is 0 Å². The van der Waals surface area contributed by atoms with Crippen LogP contribution in [0.3, 0.4) is 0 Å². The van der Waals surface area contributed by atoms with Gasteiger partial charge in [0.2, 0.25) is 5.91 Å². The van der Waals surface area contributed by atoms with Crippen molar-refractivity contribution in [3.8, 4) is 0 Å². The lowest BCUT2D eigenvalue weighted by molar-refractivity contribution is -0.126. The Morgan fingerprint density at radius 1 is 1.07 bits per heavy atom. The molecule has 1 fully saturated rings. The molecule has 1 aliphatic rings. The van der Waals surface area contributed by atoms with Gasteiger partial charge in [0, 0.05) is 46.8 Å². The maximum absolute atomic E-state index is 12.6. The fraction of sp³-hybridized carbons (Fsp3) is 0.364. The molecule has 2 aromatic rings. The molecular formula is C22H25ClN2O2S. The first-order chi connectivity index (χ1) is 13.5. The minimum atomic E-state index is -0.0115. The summed E-state index contributed by atoms with van der Waals surface area (Å²) < 4.78 is 0. The molecular weight excluding hydrogens is 392 g/mol. The molecule has 3 rings (SSSR count). The van der Waals surface area contributed by atoms with Crippen LogP contribution in [0, 0.1) is 12.8 Å². The summed E-state index contributed by atoms with van der Waals surface area (Å²) in [5.74, 6) is 0.956. The van der Waals surface area contributed by atoms with Crippen molar-refractivity contribution >= 4 is 35.2 Å². The van der Waals surface area contributed by atoms with Crippen LogP contribution in [0.2, 0.25) is 5.02 Å². The van der Waals surface area contributed by atoms with Crippen LogP contribution in [-0.2, 0) is 4.79 Å². The summed E-state index contributed by atoms with van der Waals surface area (Å²) in [6.45, 7) is 3.90. The zero-order valence-corrected chi connectivity index (χ0v) is 17.6. The van der Waals surface area contributed by atoms with Crippen molar-refractivity contribution in [2.45, 2.75) is 24.7 Å². The molecule has 2 aromatic carbocycles. The molecule has 0 aliphatic carbocycles. The molecule has 1 aliphatic heterocycles. The van der Waals surface area contributed by atoms with Gasteiger partial charge in [-0.3, -0.25) is 9.59 Å². The van der Waals surface area contributed by atoms with E-state index in [0.29, 0.717) is 38.0 Å². The first-order valence-corrected chi connectivity index (χ1v) is 10.9. The molecule has 148 valence electrons. The van der Waals surface area contributed by atoms with E-state index in [9.17, 15) is 9.59 Å². The third kappa shape index (κ3) is 5.76. The van der Waals surface area contributed by atoms with Crippen molar-refractivity contribution in [1.82, 2.24) is 10.2 Å². The number of nitrogens with one attached hydrogen (secondary N) is 1. The normalized spacial score (nSPS) is 14.7. The monoisotopic (exact) mass is 416 g/mol. The number of piperidine rings is 1. The molecule has 2 amide bonds. The molecule has 1 heterocycles. The van der Waals surface area contributed by atoms with E-state index in [4.69, 9.17) is 11.6 Å².